The van der Waals surface area contributed by atoms with Crippen LogP contribution in [0.3, 0.4) is 0 Å². The Morgan fingerprint density at radius 1 is 1.19 bits per heavy atom. The quantitative estimate of drug-likeness (QED) is 0.750. The lowest BCUT2D eigenvalue weighted by Gasteiger charge is -2.28. The lowest BCUT2D eigenvalue weighted by atomic mass is 10.2. The number of aryl methyl sites for hydroxylation is 2. The van der Waals surface area contributed by atoms with E-state index < -0.39 is 0 Å². The Kier molecular flexibility index (Phi) is 5.52. The summed E-state index contributed by atoms with van der Waals surface area (Å²) in [6.07, 6.45) is 0. The molecule has 1 atom stereocenters. The molecule has 2 aromatic rings. The average Bonchev–Trinajstić information content (AvgIpc) is 3.28. The molecule has 0 aliphatic carbocycles. The Hall–Kier alpha value is -1.51. The van der Waals surface area contributed by atoms with Gasteiger partial charge in [0, 0.05) is 24.1 Å². The van der Waals surface area contributed by atoms with Crippen molar-refractivity contribution in [1.82, 2.24) is 19.7 Å². The van der Waals surface area contributed by atoms with Crippen LogP contribution < -0.4 is 0 Å². The largest absolute Gasteiger partial charge is 0.378 e. The van der Waals surface area contributed by atoms with Gasteiger partial charge in [0.05, 0.1) is 25.4 Å². The molecule has 0 N–H and O–H groups in total. The third-order valence-corrected chi connectivity index (χ3v) is 7.08. The standard InChI is InChI=1S/C18H23N5OS2/c1-13-5-3-4-6-16(13)23-14(2)20-21-18(23)25-12-15-11-19-17(26-15)22-7-9-24-10-8-22/h3-6,15H,7-12H2,1-2H3. The van der Waals surface area contributed by atoms with Crippen molar-refractivity contribution in [2.75, 3.05) is 38.6 Å². The first-order valence-electron chi connectivity index (χ1n) is 8.87. The van der Waals surface area contributed by atoms with E-state index >= 15 is 0 Å². The molecule has 138 valence electrons. The SMILES string of the molecule is Cc1ccccc1-n1c(C)nnc1SCC1CN=C(N2CCOCC2)S1. The van der Waals surface area contributed by atoms with Crippen LogP contribution >= 0.6 is 23.5 Å². The number of para-hydroxylation sites is 1. The van der Waals surface area contributed by atoms with Gasteiger partial charge >= 0.3 is 0 Å². The lowest BCUT2D eigenvalue weighted by molar-refractivity contribution is 0.0693. The summed E-state index contributed by atoms with van der Waals surface area (Å²) in [5.41, 5.74) is 2.38. The molecule has 1 saturated heterocycles. The van der Waals surface area contributed by atoms with E-state index in [-0.39, 0.29) is 0 Å². The molecule has 8 heteroatoms. The van der Waals surface area contributed by atoms with Crippen LogP contribution in [0.2, 0.25) is 0 Å². The van der Waals surface area contributed by atoms with Crippen molar-refractivity contribution in [2.45, 2.75) is 24.3 Å². The molecule has 0 radical (unpaired) electrons. The number of ether oxygens (including phenoxy) is 1. The number of rotatable bonds is 4. The molecule has 6 nitrogen and oxygen atoms in total. The molecule has 1 aromatic carbocycles. The number of aromatic nitrogens is 3. The van der Waals surface area contributed by atoms with Crippen molar-refractivity contribution < 1.29 is 4.74 Å². The minimum Gasteiger partial charge on any atom is -0.378 e. The van der Waals surface area contributed by atoms with Crippen molar-refractivity contribution in [1.29, 1.82) is 0 Å². The highest BCUT2D eigenvalue weighted by molar-refractivity contribution is 8.15. The number of benzene rings is 1. The third-order valence-electron chi connectivity index (χ3n) is 4.53. The van der Waals surface area contributed by atoms with Gasteiger partial charge in [0.2, 0.25) is 0 Å². The van der Waals surface area contributed by atoms with E-state index in [0.717, 1.165) is 55.3 Å². The molecule has 4 rings (SSSR count). The van der Waals surface area contributed by atoms with E-state index in [1.54, 1.807) is 11.8 Å². The summed E-state index contributed by atoms with van der Waals surface area (Å²) in [6, 6.07) is 8.37. The first kappa shape index (κ1) is 17.9. The minimum atomic E-state index is 0.486. The average molecular weight is 390 g/mol. The molecular formula is C18H23N5OS2. The van der Waals surface area contributed by atoms with Crippen molar-refractivity contribution in [3.05, 3.63) is 35.7 Å². The predicted molar refractivity (Wildman–Crippen MR) is 108 cm³/mol. The van der Waals surface area contributed by atoms with E-state index in [1.807, 2.05) is 18.7 Å². The monoisotopic (exact) mass is 389 g/mol. The van der Waals surface area contributed by atoms with Gasteiger partial charge in [0.1, 0.15) is 5.82 Å². The van der Waals surface area contributed by atoms with Crippen LogP contribution in [0.25, 0.3) is 5.69 Å². The summed E-state index contributed by atoms with van der Waals surface area (Å²) < 4.78 is 7.59. The van der Waals surface area contributed by atoms with Gasteiger partial charge in [0.15, 0.2) is 10.3 Å². The Labute approximate surface area is 162 Å². The van der Waals surface area contributed by atoms with Crippen molar-refractivity contribution >= 4 is 28.7 Å². The van der Waals surface area contributed by atoms with Gasteiger partial charge in [-0.1, -0.05) is 41.7 Å². The number of aliphatic imine (C=N–C) groups is 1. The molecule has 0 bridgehead atoms. The zero-order chi connectivity index (χ0) is 17.9. The van der Waals surface area contributed by atoms with Crippen LogP contribution in [0.1, 0.15) is 11.4 Å². The van der Waals surface area contributed by atoms with E-state index in [2.05, 4.69) is 50.9 Å². The highest BCUT2D eigenvalue weighted by atomic mass is 32.2. The second-order valence-electron chi connectivity index (χ2n) is 6.43. The molecule has 0 spiro atoms. The zero-order valence-electron chi connectivity index (χ0n) is 15.1. The van der Waals surface area contributed by atoms with Crippen molar-refractivity contribution in [3.8, 4) is 5.69 Å². The summed E-state index contributed by atoms with van der Waals surface area (Å²) >= 11 is 3.66. The van der Waals surface area contributed by atoms with E-state index in [9.17, 15) is 0 Å². The summed E-state index contributed by atoms with van der Waals surface area (Å²) in [4.78, 5) is 7.09. The Morgan fingerprint density at radius 2 is 2.00 bits per heavy atom. The van der Waals surface area contributed by atoms with Gasteiger partial charge < -0.3 is 9.64 Å². The minimum absolute atomic E-state index is 0.486. The first-order valence-corrected chi connectivity index (χ1v) is 10.7. The molecule has 0 amide bonds. The normalized spacial score (nSPS) is 20.5. The second kappa shape index (κ2) is 8.02. The highest BCUT2D eigenvalue weighted by Crippen LogP contribution is 2.30. The van der Waals surface area contributed by atoms with Crippen LogP contribution in [0.15, 0.2) is 34.4 Å². The molecule has 2 aliphatic rings. The first-order chi connectivity index (χ1) is 12.7. The zero-order valence-corrected chi connectivity index (χ0v) is 16.7. The number of thioether (sulfide) groups is 2. The van der Waals surface area contributed by atoms with Gasteiger partial charge in [-0.3, -0.25) is 9.56 Å². The number of hydrogen-bond donors (Lipinski definition) is 0. The lowest BCUT2D eigenvalue weighted by Crippen LogP contribution is -2.39. The van der Waals surface area contributed by atoms with Crippen molar-refractivity contribution in [3.63, 3.8) is 0 Å². The topological polar surface area (TPSA) is 55.5 Å². The smallest absolute Gasteiger partial charge is 0.195 e. The van der Waals surface area contributed by atoms with Crippen LogP contribution in [0.4, 0.5) is 0 Å². The van der Waals surface area contributed by atoms with Crippen LogP contribution in [-0.2, 0) is 4.74 Å². The summed E-state index contributed by atoms with van der Waals surface area (Å²) in [5.74, 6) is 1.90. The molecule has 1 aromatic heterocycles. The van der Waals surface area contributed by atoms with Crippen LogP contribution in [-0.4, -0.2) is 68.7 Å². The number of amidine groups is 1. The maximum absolute atomic E-state index is 5.43. The Balaban J connectivity index is 1.40. The number of morpholine rings is 1. The fourth-order valence-corrected chi connectivity index (χ4v) is 5.42. The van der Waals surface area contributed by atoms with Gasteiger partial charge in [-0.2, -0.15) is 0 Å². The maximum Gasteiger partial charge on any atom is 0.195 e. The Bertz CT molecular complexity index is 801. The molecule has 3 heterocycles. The van der Waals surface area contributed by atoms with Crippen LogP contribution in [0.5, 0.6) is 0 Å². The van der Waals surface area contributed by atoms with Gasteiger partial charge in [0.25, 0.3) is 0 Å². The second-order valence-corrected chi connectivity index (χ2v) is 8.68. The van der Waals surface area contributed by atoms with E-state index in [0.29, 0.717) is 5.25 Å². The predicted octanol–water partition coefficient (Wildman–Crippen LogP) is 2.78. The summed E-state index contributed by atoms with van der Waals surface area (Å²) in [7, 11) is 0. The van der Waals surface area contributed by atoms with Gasteiger partial charge in [-0.25, -0.2) is 0 Å². The molecule has 2 aliphatic heterocycles. The summed E-state index contributed by atoms with van der Waals surface area (Å²) in [6.45, 7) is 8.52. The summed E-state index contributed by atoms with van der Waals surface area (Å²) in [5, 5.41) is 11.3. The third kappa shape index (κ3) is 3.77. The fraction of sp³-hybridized carbons (Fsp3) is 0.500. The van der Waals surface area contributed by atoms with Crippen LogP contribution in [0, 0.1) is 13.8 Å². The number of hydrogen-bond acceptors (Lipinski definition) is 7. The molecule has 26 heavy (non-hydrogen) atoms. The maximum atomic E-state index is 5.43. The van der Waals surface area contributed by atoms with Gasteiger partial charge in [-0.05, 0) is 25.5 Å². The van der Waals surface area contributed by atoms with Crippen molar-refractivity contribution in [2.24, 2.45) is 4.99 Å². The fourth-order valence-electron chi connectivity index (χ4n) is 3.11. The molecule has 1 fully saturated rings. The highest BCUT2D eigenvalue weighted by Gasteiger charge is 2.26. The van der Waals surface area contributed by atoms with E-state index in [1.165, 1.54) is 10.7 Å². The van der Waals surface area contributed by atoms with Gasteiger partial charge in [-0.15, -0.1) is 10.2 Å². The molecule has 1 unspecified atom stereocenters. The Morgan fingerprint density at radius 3 is 2.81 bits per heavy atom. The molecule has 0 saturated carbocycles. The number of nitrogens with zero attached hydrogens (tertiary/aromatic N) is 5. The van der Waals surface area contributed by atoms with E-state index in [4.69, 9.17) is 9.73 Å². The molecular weight excluding hydrogens is 366 g/mol.